The zero-order valence-corrected chi connectivity index (χ0v) is 18.1. The second kappa shape index (κ2) is 12.0. The van der Waals surface area contributed by atoms with E-state index in [4.69, 9.17) is 4.74 Å². The Morgan fingerprint density at radius 2 is 1.90 bits per heavy atom. The molecule has 3 rings (SSSR count). The van der Waals surface area contributed by atoms with Crippen molar-refractivity contribution < 1.29 is 23.1 Å². The molecule has 2 amide bonds. The van der Waals surface area contributed by atoms with Crippen molar-refractivity contribution in [2.24, 2.45) is 5.92 Å². The second-order valence-corrected chi connectivity index (χ2v) is 6.92. The lowest BCUT2D eigenvalue weighted by Crippen LogP contribution is -2.39. The molecule has 1 N–H and O–H groups in total. The van der Waals surface area contributed by atoms with Crippen LogP contribution < -0.4 is 10.1 Å². The van der Waals surface area contributed by atoms with E-state index in [1.807, 2.05) is 44.2 Å². The van der Waals surface area contributed by atoms with Crippen LogP contribution in [-0.2, 0) is 4.79 Å². The largest absolute Gasteiger partial charge is 0.481 e. The highest BCUT2D eigenvalue weighted by molar-refractivity contribution is 5.95. The number of carbonyl (C=O) groups is 2. The number of alkyl halides is 2. The molecule has 0 saturated carbocycles. The summed E-state index contributed by atoms with van der Waals surface area (Å²) in [6.07, 6.45) is -2.01. The van der Waals surface area contributed by atoms with E-state index in [9.17, 15) is 18.4 Å². The van der Waals surface area contributed by atoms with Crippen molar-refractivity contribution in [3.8, 4) is 17.0 Å². The molecule has 31 heavy (non-hydrogen) atoms. The zero-order valence-electron chi connectivity index (χ0n) is 18.1. The molecule has 0 bridgehead atoms. The zero-order chi connectivity index (χ0) is 22.8. The van der Waals surface area contributed by atoms with Crippen LogP contribution in [-0.4, -0.2) is 54.9 Å². The molecule has 1 fully saturated rings. The van der Waals surface area contributed by atoms with E-state index in [1.165, 1.54) is 12.0 Å². The fourth-order valence-electron chi connectivity index (χ4n) is 3.42. The van der Waals surface area contributed by atoms with Gasteiger partial charge in [0.1, 0.15) is 5.69 Å². The van der Waals surface area contributed by atoms with Crippen molar-refractivity contribution in [1.82, 2.24) is 15.2 Å². The molecule has 1 atom stereocenters. The van der Waals surface area contributed by atoms with Crippen LogP contribution in [0.1, 0.15) is 37.2 Å². The molecule has 168 valence electrons. The monoisotopic (exact) mass is 433 g/mol. The summed E-state index contributed by atoms with van der Waals surface area (Å²) >= 11 is 0. The molecule has 2 aromatic rings. The number of halogens is 2. The molecule has 1 aliphatic heterocycles. The van der Waals surface area contributed by atoms with E-state index in [2.05, 4.69) is 10.3 Å². The minimum atomic E-state index is -2.37. The quantitative estimate of drug-likeness (QED) is 0.716. The van der Waals surface area contributed by atoms with Crippen molar-refractivity contribution >= 4 is 11.8 Å². The van der Waals surface area contributed by atoms with Gasteiger partial charge in [0.15, 0.2) is 0 Å². The number of rotatable bonds is 7. The summed E-state index contributed by atoms with van der Waals surface area (Å²) in [4.78, 5) is 30.4. The van der Waals surface area contributed by atoms with Crippen LogP contribution in [0.25, 0.3) is 11.1 Å². The predicted molar refractivity (Wildman–Crippen MR) is 115 cm³/mol. The number of aromatic nitrogens is 1. The van der Waals surface area contributed by atoms with Gasteiger partial charge in [0.2, 0.25) is 18.2 Å². The second-order valence-electron chi connectivity index (χ2n) is 6.92. The first-order valence-corrected chi connectivity index (χ1v) is 10.4. The Labute approximate surface area is 181 Å². The number of likely N-dealkylation sites (tertiary alicyclic amines) is 1. The maximum Gasteiger partial charge on any atom is 0.270 e. The number of hydrogen-bond donors (Lipinski definition) is 1. The number of pyridine rings is 1. The first kappa shape index (κ1) is 24.2. The van der Waals surface area contributed by atoms with Gasteiger partial charge in [0.25, 0.3) is 5.91 Å². The number of methoxy groups -OCH3 is 1. The maximum absolute atomic E-state index is 12.5. The molecule has 1 aliphatic rings. The fourth-order valence-corrected chi connectivity index (χ4v) is 3.42. The van der Waals surface area contributed by atoms with Crippen molar-refractivity contribution in [3.63, 3.8) is 0 Å². The summed E-state index contributed by atoms with van der Waals surface area (Å²) in [6, 6.07) is 12.8. The van der Waals surface area contributed by atoms with Gasteiger partial charge in [-0.1, -0.05) is 44.2 Å². The van der Waals surface area contributed by atoms with Crippen molar-refractivity contribution in [2.75, 3.05) is 26.7 Å². The highest BCUT2D eigenvalue weighted by Crippen LogP contribution is 2.28. The summed E-state index contributed by atoms with van der Waals surface area (Å²) in [5.74, 6) is -0.668. The third kappa shape index (κ3) is 6.73. The third-order valence-electron chi connectivity index (χ3n) is 4.92. The van der Waals surface area contributed by atoms with Gasteiger partial charge in [-0.3, -0.25) is 9.59 Å². The molecule has 1 saturated heterocycles. The van der Waals surface area contributed by atoms with Crippen LogP contribution in [0.5, 0.6) is 5.88 Å². The van der Waals surface area contributed by atoms with E-state index >= 15 is 0 Å². The number of nitrogens with zero attached hydrogens (tertiary/aromatic N) is 2. The smallest absolute Gasteiger partial charge is 0.270 e. The summed E-state index contributed by atoms with van der Waals surface area (Å²) in [7, 11) is 1.48. The Morgan fingerprint density at radius 1 is 1.19 bits per heavy atom. The van der Waals surface area contributed by atoms with Crippen molar-refractivity contribution in [2.45, 2.75) is 33.1 Å². The van der Waals surface area contributed by atoms with E-state index < -0.39 is 12.3 Å². The van der Waals surface area contributed by atoms with E-state index in [-0.39, 0.29) is 30.5 Å². The third-order valence-corrected chi connectivity index (χ3v) is 4.92. The van der Waals surface area contributed by atoms with Crippen LogP contribution in [0.4, 0.5) is 8.78 Å². The molecule has 0 radical (unpaired) electrons. The van der Waals surface area contributed by atoms with Crippen molar-refractivity contribution in [3.05, 3.63) is 48.2 Å². The van der Waals surface area contributed by atoms with E-state index in [0.29, 0.717) is 25.4 Å². The minimum Gasteiger partial charge on any atom is -0.481 e. The van der Waals surface area contributed by atoms with Crippen LogP contribution in [0.15, 0.2) is 42.5 Å². The highest BCUT2D eigenvalue weighted by atomic mass is 19.3. The van der Waals surface area contributed by atoms with Crippen LogP contribution in [0, 0.1) is 5.92 Å². The lowest BCUT2D eigenvalue weighted by atomic mass is 10.1. The lowest BCUT2D eigenvalue weighted by Gasteiger charge is -2.17. The molecule has 1 unspecified atom stereocenters. The molecule has 1 aromatic carbocycles. The Bertz CT molecular complexity index is 862. The molecule has 6 nitrogen and oxygen atoms in total. The number of hydrogen-bond acceptors (Lipinski definition) is 4. The van der Waals surface area contributed by atoms with Gasteiger partial charge in [0, 0.05) is 25.1 Å². The van der Waals surface area contributed by atoms with Gasteiger partial charge < -0.3 is 15.0 Å². The summed E-state index contributed by atoms with van der Waals surface area (Å²) in [6.45, 7) is 4.53. The molecular weight excluding hydrogens is 404 g/mol. The Balaban J connectivity index is 0.00000166. The summed E-state index contributed by atoms with van der Waals surface area (Å²) < 4.78 is 30.3. The number of amides is 2. The van der Waals surface area contributed by atoms with Gasteiger partial charge in [-0.15, -0.1) is 0 Å². The van der Waals surface area contributed by atoms with Crippen LogP contribution in [0.3, 0.4) is 0 Å². The number of ether oxygens (including phenoxy) is 1. The maximum atomic E-state index is 12.5. The standard InChI is InChI=1S/C21H23F2N3O3.C2H6/c1-29-21-16(15-5-3-2-4-6-15)7-8-17(25-21)20(28)24-12-19(27)26-10-9-14(13-26)11-18(22)23;1-2/h2-8,14,18H,9-13H2,1H3,(H,24,28);1-2H3. The van der Waals surface area contributed by atoms with E-state index in [0.717, 1.165) is 11.1 Å². The number of benzene rings is 1. The van der Waals surface area contributed by atoms with Gasteiger partial charge >= 0.3 is 0 Å². The Morgan fingerprint density at radius 3 is 2.55 bits per heavy atom. The molecule has 8 heteroatoms. The minimum absolute atomic E-state index is 0.131. The average Bonchev–Trinajstić information content (AvgIpc) is 3.26. The van der Waals surface area contributed by atoms with E-state index in [1.54, 1.807) is 12.1 Å². The molecule has 0 aliphatic carbocycles. The number of nitrogens with one attached hydrogen (secondary N) is 1. The first-order valence-electron chi connectivity index (χ1n) is 10.4. The van der Waals surface area contributed by atoms with Gasteiger partial charge in [-0.25, -0.2) is 13.8 Å². The highest BCUT2D eigenvalue weighted by Gasteiger charge is 2.28. The summed E-state index contributed by atoms with van der Waals surface area (Å²) in [5, 5.41) is 2.55. The number of carbonyl (C=O) groups excluding carboxylic acids is 2. The molecule has 1 aromatic heterocycles. The van der Waals surface area contributed by atoms with Gasteiger partial charge in [-0.05, 0) is 30.0 Å². The average molecular weight is 433 g/mol. The normalized spacial score (nSPS) is 15.3. The predicted octanol–water partition coefficient (Wildman–Crippen LogP) is 4.02. The van der Waals surface area contributed by atoms with Gasteiger partial charge in [0.05, 0.1) is 13.7 Å². The molecule has 0 spiro atoms. The van der Waals surface area contributed by atoms with Crippen molar-refractivity contribution in [1.29, 1.82) is 0 Å². The lowest BCUT2D eigenvalue weighted by molar-refractivity contribution is -0.129. The summed E-state index contributed by atoms with van der Waals surface area (Å²) in [5.41, 5.74) is 1.79. The fraction of sp³-hybridized carbons (Fsp3) is 0.435. The Kier molecular flexibility index (Phi) is 9.37. The molecule has 2 heterocycles. The molecular formula is C23H29F2N3O3. The Hall–Kier alpha value is -3.03. The topological polar surface area (TPSA) is 71.5 Å². The SMILES string of the molecule is CC.COc1nc(C(=O)NCC(=O)N2CCC(CC(F)F)C2)ccc1-c1ccccc1. The van der Waals surface area contributed by atoms with Crippen LogP contribution >= 0.6 is 0 Å². The first-order chi connectivity index (χ1) is 15.0. The van der Waals surface area contributed by atoms with Gasteiger partial charge in [-0.2, -0.15) is 0 Å². The van der Waals surface area contributed by atoms with Crippen LogP contribution in [0.2, 0.25) is 0 Å².